The van der Waals surface area contributed by atoms with E-state index >= 15 is 0 Å². The largest absolute Gasteiger partial charge is 0.476 e. The molecule has 6 nitrogen and oxygen atoms in total. The molecule has 0 radical (unpaired) electrons. The Morgan fingerprint density at radius 2 is 1.62 bits per heavy atom. The van der Waals surface area contributed by atoms with Gasteiger partial charge in [-0.3, -0.25) is 9.10 Å². The van der Waals surface area contributed by atoms with Gasteiger partial charge < -0.3 is 10.1 Å². The molecule has 0 saturated heterocycles. The van der Waals surface area contributed by atoms with Crippen molar-refractivity contribution in [1.82, 2.24) is 0 Å². The Hall–Kier alpha value is -3.03. The van der Waals surface area contributed by atoms with Crippen molar-refractivity contribution >= 4 is 38.9 Å². The molecule has 0 saturated carbocycles. The molecule has 4 rings (SSSR count). The fourth-order valence-corrected chi connectivity index (χ4v) is 4.74. The molecule has 1 aliphatic rings. The molecular weight excluding hydrogens is 412 g/mol. The third-order valence-corrected chi connectivity index (χ3v) is 6.61. The lowest BCUT2D eigenvalue weighted by Gasteiger charge is -2.34. The number of carbonyl (C=O) groups excluding carboxylic acids is 1. The molecule has 1 unspecified atom stereocenters. The molecule has 148 valence electrons. The van der Waals surface area contributed by atoms with Gasteiger partial charge in [0, 0.05) is 0 Å². The highest BCUT2D eigenvalue weighted by Crippen LogP contribution is 2.37. The first-order valence-corrected chi connectivity index (χ1v) is 10.7. The third kappa shape index (κ3) is 3.79. The van der Waals surface area contributed by atoms with Crippen LogP contribution in [0, 0.1) is 0 Å². The van der Waals surface area contributed by atoms with E-state index in [1.54, 1.807) is 66.7 Å². The van der Waals surface area contributed by atoms with Gasteiger partial charge in [0.25, 0.3) is 15.9 Å². The number of hydrogen-bond donors (Lipinski definition) is 1. The zero-order valence-electron chi connectivity index (χ0n) is 15.2. The van der Waals surface area contributed by atoms with Crippen molar-refractivity contribution in [2.24, 2.45) is 0 Å². The van der Waals surface area contributed by atoms with Crippen LogP contribution in [0.2, 0.25) is 5.02 Å². The molecule has 8 heteroatoms. The number of ether oxygens (including phenoxy) is 1. The van der Waals surface area contributed by atoms with Crippen molar-refractivity contribution < 1.29 is 17.9 Å². The third-order valence-electron chi connectivity index (χ3n) is 4.49. The number of sulfonamides is 1. The number of carbonyl (C=O) groups is 1. The molecule has 0 fully saturated rings. The van der Waals surface area contributed by atoms with Gasteiger partial charge in [-0.05, 0) is 36.4 Å². The zero-order chi connectivity index (χ0) is 20.4. The lowest BCUT2D eigenvalue weighted by Crippen LogP contribution is -2.48. The number of rotatable bonds is 4. The molecule has 0 aromatic heterocycles. The fourth-order valence-electron chi connectivity index (χ4n) is 3.06. The number of amides is 1. The quantitative estimate of drug-likeness (QED) is 0.683. The van der Waals surface area contributed by atoms with Gasteiger partial charge in [0.05, 0.1) is 27.8 Å². The molecule has 0 aliphatic carbocycles. The number of halogens is 1. The zero-order valence-corrected chi connectivity index (χ0v) is 16.7. The van der Waals surface area contributed by atoms with E-state index < -0.39 is 22.0 Å². The Morgan fingerprint density at radius 1 is 0.966 bits per heavy atom. The van der Waals surface area contributed by atoms with Gasteiger partial charge in [-0.25, -0.2) is 8.42 Å². The summed E-state index contributed by atoms with van der Waals surface area (Å²) in [6.45, 7) is -0.162. The molecule has 1 amide bonds. The van der Waals surface area contributed by atoms with Crippen LogP contribution in [0.3, 0.4) is 0 Å². The molecule has 1 heterocycles. The Bertz CT molecular complexity index is 1150. The van der Waals surface area contributed by atoms with Crippen molar-refractivity contribution in [2.45, 2.75) is 11.0 Å². The van der Waals surface area contributed by atoms with E-state index in [0.29, 0.717) is 22.1 Å². The Balaban J connectivity index is 1.68. The maximum atomic E-state index is 13.2. The number of anilines is 2. The lowest BCUT2D eigenvalue weighted by molar-refractivity contribution is -0.122. The van der Waals surface area contributed by atoms with Crippen molar-refractivity contribution in [3.63, 3.8) is 0 Å². The maximum absolute atomic E-state index is 13.2. The lowest BCUT2D eigenvalue weighted by atomic mass is 10.2. The van der Waals surface area contributed by atoms with Gasteiger partial charge in [-0.2, -0.15) is 0 Å². The Labute approximate surface area is 173 Å². The average Bonchev–Trinajstić information content (AvgIpc) is 2.75. The van der Waals surface area contributed by atoms with Crippen molar-refractivity contribution in [2.75, 3.05) is 16.2 Å². The average molecular weight is 429 g/mol. The topological polar surface area (TPSA) is 75.7 Å². The van der Waals surface area contributed by atoms with E-state index in [1.165, 1.54) is 16.4 Å². The summed E-state index contributed by atoms with van der Waals surface area (Å²) >= 11 is 6.11. The van der Waals surface area contributed by atoms with Gasteiger partial charge in [0.15, 0.2) is 6.10 Å². The minimum absolute atomic E-state index is 0.141. The first-order valence-electron chi connectivity index (χ1n) is 8.86. The molecule has 1 N–H and O–H groups in total. The minimum Gasteiger partial charge on any atom is -0.476 e. The smallest absolute Gasteiger partial charge is 0.267 e. The van der Waals surface area contributed by atoms with E-state index in [9.17, 15) is 13.2 Å². The molecule has 1 aliphatic heterocycles. The summed E-state index contributed by atoms with van der Waals surface area (Å²) in [7, 11) is -3.88. The van der Waals surface area contributed by atoms with E-state index in [4.69, 9.17) is 16.3 Å². The minimum atomic E-state index is -3.88. The standard InChI is InChI=1S/C21H17ClN2O4S/c22-16-10-4-5-11-17(16)23-21(25)20-14-24(18-12-6-7-13-19(18)28-20)29(26,27)15-8-2-1-3-9-15/h1-13,20H,14H2,(H,23,25). The first kappa shape index (κ1) is 19.3. The van der Waals surface area contributed by atoms with E-state index in [1.807, 2.05) is 0 Å². The number of hydrogen-bond acceptors (Lipinski definition) is 4. The Kier molecular flexibility index (Phi) is 5.17. The van der Waals surface area contributed by atoms with Gasteiger partial charge in [0.1, 0.15) is 5.75 Å². The second kappa shape index (κ2) is 7.77. The molecular formula is C21H17ClN2O4S. The molecule has 3 aromatic rings. The predicted molar refractivity (Wildman–Crippen MR) is 112 cm³/mol. The van der Waals surface area contributed by atoms with Crippen LogP contribution in [0.1, 0.15) is 0 Å². The van der Waals surface area contributed by atoms with Crippen LogP contribution in [0.4, 0.5) is 11.4 Å². The monoisotopic (exact) mass is 428 g/mol. The van der Waals surface area contributed by atoms with Crippen LogP contribution in [-0.2, 0) is 14.8 Å². The van der Waals surface area contributed by atoms with Gasteiger partial charge >= 0.3 is 0 Å². The second-order valence-corrected chi connectivity index (χ2v) is 8.66. The normalized spacial score (nSPS) is 15.9. The molecule has 0 spiro atoms. The van der Waals surface area contributed by atoms with Crippen LogP contribution in [0.5, 0.6) is 5.75 Å². The van der Waals surface area contributed by atoms with Gasteiger partial charge in [0.2, 0.25) is 0 Å². The van der Waals surface area contributed by atoms with E-state index in [2.05, 4.69) is 5.32 Å². The van der Waals surface area contributed by atoms with Gasteiger partial charge in [-0.15, -0.1) is 0 Å². The number of para-hydroxylation sites is 3. The molecule has 29 heavy (non-hydrogen) atoms. The summed E-state index contributed by atoms with van der Waals surface area (Å²) in [4.78, 5) is 13.0. The van der Waals surface area contributed by atoms with Crippen LogP contribution in [0.15, 0.2) is 83.8 Å². The fraction of sp³-hybridized carbons (Fsp3) is 0.0952. The maximum Gasteiger partial charge on any atom is 0.267 e. The molecule has 1 atom stereocenters. The molecule has 3 aromatic carbocycles. The summed E-state index contributed by atoms with van der Waals surface area (Å²) in [5, 5.41) is 3.09. The van der Waals surface area contributed by atoms with Crippen LogP contribution in [0.25, 0.3) is 0 Å². The highest BCUT2D eigenvalue weighted by atomic mass is 35.5. The van der Waals surface area contributed by atoms with Gasteiger partial charge in [-0.1, -0.05) is 54.1 Å². The summed E-state index contributed by atoms with van der Waals surface area (Å²) in [5.41, 5.74) is 0.817. The number of nitrogens with zero attached hydrogens (tertiary/aromatic N) is 1. The summed E-state index contributed by atoms with van der Waals surface area (Å²) in [5.74, 6) is -0.168. The second-order valence-electron chi connectivity index (χ2n) is 6.39. The highest BCUT2D eigenvalue weighted by Gasteiger charge is 2.37. The molecule has 0 bridgehead atoms. The van der Waals surface area contributed by atoms with Crippen molar-refractivity contribution in [3.8, 4) is 5.75 Å². The number of fused-ring (bicyclic) bond motifs is 1. The summed E-state index contributed by atoms with van der Waals surface area (Å²) < 4.78 is 33.5. The Morgan fingerprint density at radius 3 is 2.38 bits per heavy atom. The highest BCUT2D eigenvalue weighted by molar-refractivity contribution is 7.92. The summed E-state index contributed by atoms with van der Waals surface area (Å²) in [6, 6.07) is 21.6. The number of benzene rings is 3. The predicted octanol–water partition coefficient (Wildman–Crippen LogP) is 3.94. The van der Waals surface area contributed by atoms with Crippen molar-refractivity contribution in [3.05, 3.63) is 83.9 Å². The van der Waals surface area contributed by atoms with Crippen molar-refractivity contribution in [1.29, 1.82) is 0 Å². The van der Waals surface area contributed by atoms with Crippen LogP contribution in [-0.4, -0.2) is 27.0 Å². The van der Waals surface area contributed by atoms with Crippen LogP contribution >= 0.6 is 11.6 Å². The number of nitrogens with one attached hydrogen (secondary N) is 1. The SMILES string of the molecule is O=C(Nc1ccccc1Cl)C1CN(S(=O)(=O)c2ccccc2)c2ccccc2O1. The first-order chi connectivity index (χ1) is 14.0. The van der Waals surface area contributed by atoms with E-state index in [0.717, 1.165) is 0 Å². The van der Waals surface area contributed by atoms with E-state index in [-0.39, 0.29) is 11.4 Å². The summed E-state index contributed by atoms with van der Waals surface area (Å²) in [6.07, 6.45) is -1.04. The van der Waals surface area contributed by atoms with Crippen LogP contribution < -0.4 is 14.4 Å².